The first-order valence-corrected chi connectivity index (χ1v) is 3.43. The molecule has 0 aromatic heterocycles. The van der Waals surface area contributed by atoms with Gasteiger partial charge in [0, 0.05) is 6.42 Å². The van der Waals surface area contributed by atoms with Gasteiger partial charge in [-0.3, -0.25) is 4.79 Å². The summed E-state index contributed by atoms with van der Waals surface area (Å²) in [4.78, 5) is 10.2. The third kappa shape index (κ3) is 1.88. The Hall–Kier alpha value is -0.670. The van der Waals surface area contributed by atoms with Crippen LogP contribution < -0.4 is 0 Å². The van der Waals surface area contributed by atoms with Gasteiger partial charge in [0.2, 0.25) is 0 Å². The van der Waals surface area contributed by atoms with Crippen molar-refractivity contribution in [3.05, 3.63) is 6.92 Å². The Kier molecular flexibility index (Phi) is 2.11. The second-order valence-corrected chi connectivity index (χ2v) is 2.63. The Bertz CT molecular complexity index is 168. The standard InChI is InChI=1S/C7H9F2O2/c1-5(10)11-6-3-2-4-7(6,8)9/h6H,1-4H2. The Morgan fingerprint density at radius 2 is 2.27 bits per heavy atom. The van der Waals surface area contributed by atoms with Crippen molar-refractivity contribution in [3.8, 4) is 0 Å². The smallest absolute Gasteiger partial charge is 0.306 e. The van der Waals surface area contributed by atoms with Crippen molar-refractivity contribution in [2.45, 2.75) is 31.3 Å². The summed E-state index contributed by atoms with van der Waals surface area (Å²) in [6, 6.07) is 0. The minimum Gasteiger partial charge on any atom is -0.456 e. The summed E-state index contributed by atoms with van der Waals surface area (Å²) < 4.78 is 29.7. The monoisotopic (exact) mass is 163 g/mol. The van der Waals surface area contributed by atoms with Crippen LogP contribution >= 0.6 is 0 Å². The van der Waals surface area contributed by atoms with Gasteiger partial charge >= 0.3 is 5.97 Å². The summed E-state index contributed by atoms with van der Waals surface area (Å²) in [5.41, 5.74) is 0. The molecule has 1 unspecified atom stereocenters. The maximum Gasteiger partial charge on any atom is 0.306 e. The van der Waals surface area contributed by atoms with Gasteiger partial charge in [-0.05, 0) is 12.8 Å². The Morgan fingerprint density at radius 1 is 1.64 bits per heavy atom. The normalized spacial score (nSPS) is 28.5. The summed E-state index contributed by atoms with van der Waals surface area (Å²) in [5, 5.41) is 0. The highest BCUT2D eigenvalue weighted by molar-refractivity contribution is 5.74. The predicted molar refractivity (Wildman–Crippen MR) is 34.0 cm³/mol. The van der Waals surface area contributed by atoms with Crippen molar-refractivity contribution in [1.82, 2.24) is 0 Å². The van der Waals surface area contributed by atoms with Crippen LogP contribution in [0.3, 0.4) is 0 Å². The average molecular weight is 163 g/mol. The van der Waals surface area contributed by atoms with E-state index in [4.69, 9.17) is 0 Å². The zero-order chi connectivity index (χ0) is 8.48. The number of rotatable bonds is 1. The molecule has 11 heavy (non-hydrogen) atoms. The molecule has 63 valence electrons. The van der Waals surface area contributed by atoms with Gasteiger partial charge in [0.15, 0.2) is 6.10 Å². The third-order valence-electron chi connectivity index (χ3n) is 1.72. The molecule has 0 spiro atoms. The van der Waals surface area contributed by atoms with Crippen LogP contribution in [0.1, 0.15) is 19.3 Å². The van der Waals surface area contributed by atoms with Gasteiger partial charge < -0.3 is 4.74 Å². The Balaban J connectivity index is 2.51. The number of carbonyl (C=O) groups excluding carboxylic acids is 1. The number of ether oxygens (including phenoxy) is 1. The molecule has 0 aliphatic heterocycles. The maximum absolute atomic E-state index is 12.7. The van der Waals surface area contributed by atoms with Gasteiger partial charge in [-0.2, -0.15) is 0 Å². The Morgan fingerprint density at radius 3 is 2.64 bits per heavy atom. The highest BCUT2D eigenvalue weighted by Gasteiger charge is 2.46. The third-order valence-corrected chi connectivity index (χ3v) is 1.72. The minimum atomic E-state index is -2.84. The first kappa shape index (κ1) is 8.43. The zero-order valence-corrected chi connectivity index (χ0v) is 5.98. The van der Waals surface area contributed by atoms with E-state index in [1.54, 1.807) is 0 Å². The van der Waals surface area contributed by atoms with Crippen LogP contribution in [0.25, 0.3) is 0 Å². The highest BCUT2D eigenvalue weighted by atomic mass is 19.3. The van der Waals surface area contributed by atoms with Crippen LogP contribution in [0.2, 0.25) is 0 Å². The molecule has 1 aliphatic rings. The lowest BCUT2D eigenvalue weighted by Crippen LogP contribution is -2.31. The van der Waals surface area contributed by atoms with Crippen LogP contribution in [-0.4, -0.2) is 18.0 Å². The minimum absolute atomic E-state index is 0.190. The second kappa shape index (κ2) is 2.75. The van der Waals surface area contributed by atoms with E-state index in [9.17, 15) is 13.6 Å². The molecule has 1 aliphatic carbocycles. The van der Waals surface area contributed by atoms with Gasteiger partial charge in [0.25, 0.3) is 5.92 Å². The number of hydrogen-bond donors (Lipinski definition) is 0. The predicted octanol–water partition coefficient (Wildman–Crippen LogP) is 1.55. The van der Waals surface area contributed by atoms with E-state index in [1.807, 2.05) is 0 Å². The van der Waals surface area contributed by atoms with Crippen molar-refractivity contribution < 1.29 is 18.3 Å². The van der Waals surface area contributed by atoms with E-state index in [2.05, 4.69) is 11.7 Å². The number of hydrogen-bond acceptors (Lipinski definition) is 2. The second-order valence-electron chi connectivity index (χ2n) is 2.63. The number of halogens is 2. The Labute approximate surface area is 63.5 Å². The van der Waals surface area contributed by atoms with Crippen molar-refractivity contribution >= 4 is 5.97 Å². The lowest BCUT2D eigenvalue weighted by Gasteiger charge is -2.17. The average Bonchev–Trinajstić information content (AvgIpc) is 2.10. The zero-order valence-electron chi connectivity index (χ0n) is 5.98. The topological polar surface area (TPSA) is 26.3 Å². The van der Waals surface area contributed by atoms with E-state index < -0.39 is 18.0 Å². The van der Waals surface area contributed by atoms with Crippen molar-refractivity contribution in [2.24, 2.45) is 0 Å². The molecule has 2 nitrogen and oxygen atoms in total. The van der Waals surface area contributed by atoms with Crippen LogP contribution in [0.5, 0.6) is 0 Å². The molecular weight excluding hydrogens is 154 g/mol. The summed E-state index contributed by atoms with van der Waals surface area (Å²) in [7, 11) is 0. The van der Waals surface area contributed by atoms with Crippen LogP contribution in [-0.2, 0) is 9.53 Å². The molecule has 4 heteroatoms. The van der Waals surface area contributed by atoms with Crippen molar-refractivity contribution in [1.29, 1.82) is 0 Å². The quantitative estimate of drug-likeness (QED) is 0.548. The first-order chi connectivity index (χ1) is 5.02. The van der Waals surface area contributed by atoms with Crippen LogP contribution in [0.15, 0.2) is 0 Å². The van der Waals surface area contributed by atoms with Crippen molar-refractivity contribution in [2.75, 3.05) is 0 Å². The van der Waals surface area contributed by atoms with Gasteiger partial charge in [-0.15, -0.1) is 0 Å². The largest absolute Gasteiger partial charge is 0.456 e. The number of carbonyl (C=O) groups is 1. The number of alkyl halides is 2. The van der Waals surface area contributed by atoms with E-state index in [1.165, 1.54) is 0 Å². The molecule has 0 aromatic rings. The van der Waals surface area contributed by atoms with Crippen LogP contribution in [0, 0.1) is 6.92 Å². The summed E-state index contributed by atoms with van der Waals surface area (Å²) in [5.74, 6) is -3.72. The fourth-order valence-electron chi connectivity index (χ4n) is 1.20. The molecule has 0 N–H and O–H groups in total. The summed E-state index contributed by atoms with van der Waals surface area (Å²) in [6.07, 6.45) is -0.781. The van der Waals surface area contributed by atoms with E-state index in [0.717, 1.165) is 0 Å². The molecule has 0 bridgehead atoms. The first-order valence-electron chi connectivity index (χ1n) is 3.43. The van der Waals surface area contributed by atoms with Crippen molar-refractivity contribution in [3.63, 3.8) is 0 Å². The molecule has 1 fully saturated rings. The van der Waals surface area contributed by atoms with Gasteiger partial charge in [0.05, 0.1) is 6.92 Å². The molecule has 0 saturated heterocycles. The highest BCUT2D eigenvalue weighted by Crippen LogP contribution is 2.36. The molecule has 1 rings (SSSR count). The molecule has 1 atom stereocenters. The van der Waals surface area contributed by atoms with Gasteiger partial charge in [-0.25, -0.2) is 8.78 Å². The van der Waals surface area contributed by atoms with Gasteiger partial charge in [0.1, 0.15) is 0 Å². The summed E-state index contributed by atoms with van der Waals surface area (Å²) >= 11 is 0. The lowest BCUT2D eigenvalue weighted by atomic mass is 10.2. The lowest BCUT2D eigenvalue weighted by molar-refractivity contribution is -0.161. The molecule has 0 amide bonds. The molecule has 0 heterocycles. The van der Waals surface area contributed by atoms with Gasteiger partial charge in [-0.1, -0.05) is 0 Å². The fourth-order valence-corrected chi connectivity index (χ4v) is 1.20. The van der Waals surface area contributed by atoms with E-state index >= 15 is 0 Å². The van der Waals surface area contributed by atoms with E-state index in [0.29, 0.717) is 6.42 Å². The SMILES string of the molecule is [CH2]C(=O)OC1CCCC1(F)F. The maximum atomic E-state index is 12.7. The number of esters is 1. The molecule has 1 saturated carbocycles. The fraction of sp³-hybridized carbons (Fsp3) is 0.714. The molecule has 1 radical (unpaired) electrons. The molecular formula is C7H9F2O2. The van der Waals surface area contributed by atoms with E-state index in [-0.39, 0.29) is 12.8 Å². The molecule has 0 aromatic carbocycles. The summed E-state index contributed by atoms with van der Waals surface area (Å²) in [6.45, 7) is 2.87. The van der Waals surface area contributed by atoms with Crippen LogP contribution in [0.4, 0.5) is 8.78 Å².